The third kappa shape index (κ3) is 3.77. The number of nitrogens with one attached hydrogen (secondary N) is 1. The fourth-order valence-corrected chi connectivity index (χ4v) is 3.25. The molecule has 2 saturated heterocycles. The first-order chi connectivity index (χ1) is 10.7. The van der Waals surface area contributed by atoms with Crippen molar-refractivity contribution >= 4 is 11.6 Å². The normalized spacial score (nSPS) is 22.8. The Kier molecular flexibility index (Phi) is 4.93. The zero-order chi connectivity index (χ0) is 15.4. The van der Waals surface area contributed by atoms with Crippen LogP contribution in [0.4, 0.5) is 5.69 Å². The minimum atomic E-state index is 0.0693. The molecule has 3 rings (SSSR count). The second-order valence-electron chi connectivity index (χ2n) is 6.39. The van der Waals surface area contributed by atoms with E-state index in [9.17, 15) is 4.79 Å². The van der Waals surface area contributed by atoms with Crippen LogP contribution >= 0.6 is 0 Å². The number of aromatic nitrogens is 1. The molecule has 2 fully saturated rings. The van der Waals surface area contributed by atoms with E-state index in [-0.39, 0.29) is 11.8 Å². The molecule has 1 aromatic heterocycles. The quantitative estimate of drug-likeness (QED) is 0.921. The zero-order valence-electron chi connectivity index (χ0n) is 13.3. The van der Waals surface area contributed by atoms with E-state index in [1.54, 1.807) is 0 Å². The third-order valence-corrected chi connectivity index (χ3v) is 4.73. The summed E-state index contributed by atoms with van der Waals surface area (Å²) in [5.74, 6) is 0.829. The van der Waals surface area contributed by atoms with E-state index >= 15 is 0 Å². The Morgan fingerprint density at radius 1 is 1.41 bits per heavy atom. The number of hydrogen-bond acceptors (Lipinski definition) is 4. The molecule has 2 aliphatic rings. The van der Waals surface area contributed by atoms with Gasteiger partial charge in [0.25, 0.3) is 0 Å². The first kappa shape index (κ1) is 15.3. The fraction of sp³-hybridized carbons (Fsp3) is 0.647. The van der Waals surface area contributed by atoms with Gasteiger partial charge in [0.15, 0.2) is 0 Å². The lowest BCUT2D eigenvalue weighted by molar-refractivity contribution is -0.125. The van der Waals surface area contributed by atoms with Crippen LogP contribution in [-0.4, -0.2) is 43.7 Å². The van der Waals surface area contributed by atoms with E-state index in [4.69, 9.17) is 4.74 Å². The lowest BCUT2D eigenvalue weighted by Crippen LogP contribution is -2.40. The zero-order valence-corrected chi connectivity index (χ0v) is 13.3. The van der Waals surface area contributed by atoms with Crippen LogP contribution in [0.25, 0.3) is 0 Å². The molecule has 0 spiro atoms. The third-order valence-electron chi connectivity index (χ3n) is 4.73. The van der Waals surface area contributed by atoms with Gasteiger partial charge in [-0.15, -0.1) is 0 Å². The average molecular weight is 303 g/mol. The van der Waals surface area contributed by atoms with Crippen molar-refractivity contribution in [2.75, 3.05) is 37.7 Å². The maximum atomic E-state index is 12.0. The highest BCUT2D eigenvalue weighted by atomic mass is 16.5. The van der Waals surface area contributed by atoms with Crippen molar-refractivity contribution < 1.29 is 9.53 Å². The van der Waals surface area contributed by atoms with E-state index in [1.807, 2.05) is 13.1 Å². The summed E-state index contributed by atoms with van der Waals surface area (Å²) in [6, 6.07) is 4.22. The number of rotatable bonds is 4. The van der Waals surface area contributed by atoms with Crippen LogP contribution in [0, 0.1) is 18.8 Å². The first-order valence-electron chi connectivity index (χ1n) is 8.25. The van der Waals surface area contributed by atoms with Crippen LogP contribution in [0.15, 0.2) is 18.3 Å². The van der Waals surface area contributed by atoms with Crippen molar-refractivity contribution in [1.29, 1.82) is 0 Å². The van der Waals surface area contributed by atoms with Gasteiger partial charge in [-0.1, -0.05) is 0 Å². The molecule has 5 nitrogen and oxygen atoms in total. The summed E-state index contributed by atoms with van der Waals surface area (Å²) >= 11 is 0. The van der Waals surface area contributed by atoms with Crippen LogP contribution in [0.2, 0.25) is 0 Å². The molecule has 0 bridgehead atoms. The Bertz CT molecular complexity index is 506. The molecule has 1 aromatic rings. The monoisotopic (exact) mass is 303 g/mol. The Labute approximate surface area is 132 Å². The molecule has 0 radical (unpaired) electrons. The molecule has 5 heteroatoms. The lowest BCUT2D eigenvalue weighted by Gasteiger charge is -2.33. The molecule has 120 valence electrons. The van der Waals surface area contributed by atoms with Crippen LogP contribution < -0.4 is 10.2 Å². The maximum absolute atomic E-state index is 12.0. The molecule has 1 atom stereocenters. The van der Waals surface area contributed by atoms with Crippen LogP contribution in [0.3, 0.4) is 0 Å². The van der Waals surface area contributed by atoms with Crippen molar-refractivity contribution in [1.82, 2.24) is 10.3 Å². The minimum Gasteiger partial charge on any atom is -0.381 e. The molecular formula is C17H25N3O2. The Morgan fingerprint density at radius 2 is 2.23 bits per heavy atom. The molecule has 1 unspecified atom stereocenters. The van der Waals surface area contributed by atoms with Crippen molar-refractivity contribution in [3.8, 4) is 0 Å². The van der Waals surface area contributed by atoms with Gasteiger partial charge in [0.2, 0.25) is 5.91 Å². The summed E-state index contributed by atoms with van der Waals surface area (Å²) in [5, 5.41) is 3.11. The van der Waals surface area contributed by atoms with E-state index in [2.05, 4.69) is 27.3 Å². The SMILES string of the molecule is Cc1cc(N2CCC(CNC(=O)C3CCOC3)CC2)ccn1. The molecular weight excluding hydrogens is 278 g/mol. The number of pyridine rings is 1. The average Bonchev–Trinajstić information content (AvgIpc) is 3.08. The van der Waals surface area contributed by atoms with Crippen molar-refractivity contribution in [3.63, 3.8) is 0 Å². The number of anilines is 1. The highest BCUT2D eigenvalue weighted by molar-refractivity contribution is 5.78. The number of carbonyl (C=O) groups excluding carboxylic acids is 1. The van der Waals surface area contributed by atoms with E-state index in [1.165, 1.54) is 5.69 Å². The number of ether oxygens (including phenoxy) is 1. The smallest absolute Gasteiger partial charge is 0.225 e. The molecule has 0 saturated carbocycles. The molecule has 1 N–H and O–H groups in total. The number of amides is 1. The molecule has 3 heterocycles. The topological polar surface area (TPSA) is 54.5 Å². The van der Waals surface area contributed by atoms with E-state index in [0.717, 1.165) is 51.2 Å². The number of carbonyl (C=O) groups is 1. The van der Waals surface area contributed by atoms with Gasteiger partial charge >= 0.3 is 0 Å². The molecule has 22 heavy (non-hydrogen) atoms. The van der Waals surface area contributed by atoms with Crippen molar-refractivity contribution in [2.24, 2.45) is 11.8 Å². The van der Waals surface area contributed by atoms with Crippen molar-refractivity contribution in [2.45, 2.75) is 26.2 Å². The molecule has 0 aromatic carbocycles. The van der Waals surface area contributed by atoms with Crippen LogP contribution in [0.5, 0.6) is 0 Å². The standard InChI is InChI=1S/C17H25N3O2/c1-13-10-16(2-6-18-13)20-7-3-14(4-8-20)11-19-17(21)15-5-9-22-12-15/h2,6,10,14-15H,3-5,7-9,11-12H2,1H3,(H,19,21). The fourth-order valence-electron chi connectivity index (χ4n) is 3.25. The maximum Gasteiger partial charge on any atom is 0.225 e. The summed E-state index contributed by atoms with van der Waals surface area (Å²) in [6.07, 6.45) is 5.00. The number of nitrogens with zero attached hydrogens (tertiary/aromatic N) is 2. The van der Waals surface area contributed by atoms with Gasteiger partial charge < -0.3 is 15.0 Å². The highest BCUT2D eigenvalue weighted by Crippen LogP contribution is 2.23. The predicted octanol–water partition coefficient (Wildman–Crippen LogP) is 1.76. The molecule has 2 aliphatic heterocycles. The summed E-state index contributed by atoms with van der Waals surface area (Å²) in [7, 11) is 0. The second-order valence-corrected chi connectivity index (χ2v) is 6.39. The molecule has 0 aliphatic carbocycles. The van der Waals surface area contributed by atoms with Crippen LogP contribution in [-0.2, 0) is 9.53 Å². The Hall–Kier alpha value is -1.62. The van der Waals surface area contributed by atoms with Gasteiger partial charge in [0.1, 0.15) is 0 Å². The van der Waals surface area contributed by atoms with E-state index < -0.39 is 0 Å². The van der Waals surface area contributed by atoms with Gasteiger partial charge in [-0.25, -0.2) is 0 Å². The van der Waals surface area contributed by atoms with Gasteiger partial charge in [-0.05, 0) is 44.2 Å². The van der Waals surface area contributed by atoms with Gasteiger partial charge in [0, 0.05) is 43.8 Å². The first-order valence-corrected chi connectivity index (χ1v) is 8.25. The van der Waals surface area contributed by atoms with Crippen molar-refractivity contribution in [3.05, 3.63) is 24.0 Å². The lowest BCUT2D eigenvalue weighted by atomic mass is 9.96. The number of hydrogen-bond donors (Lipinski definition) is 1. The Balaban J connectivity index is 1.43. The van der Waals surface area contributed by atoms with Crippen LogP contribution in [0.1, 0.15) is 25.0 Å². The summed E-state index contributed by atoms with van der Waals surface area (Å²) in [5.41, 5.74) is 2.32. The largest absolute Gasteiger partial charge is 0.381 e. The van der Waals surface area contributed by atoms with Gasteiger partial charge in [-0.2, -0.15) is 0 Å². The van der Waals surface area contributed by atoms with Gasteiger partial charge in [0.05, 0.1) is 12.5 Å². The second kappa shape index (κ2) is 7.09. The number of piperidine rings is 1. The highest BCUT2D eigenvalue weighted by Gasteiger charge is 2.25. The predicted molar refractivity (Wildman–Crippen MR) is 85.8 cm³/mol. The Morgan fingerprint density at radius 3 is 2.91 bits per heavy atom. The summed E-state index contributed by atoms with van der Waals surface area (Å²) in [6.45, 7) is 6.25. The van der Waals surface area contributed by atoms with E-state index in [0.29, 0.717) is 12.5 Å². The summed E-state index contributed by atoms with van der Waals surface area (Å²) < 4.78 is 5.27. The minimum absolute atomic E-state index is 0.0693. The van der Waals surface area contributed by atoms with Gasteiger partial charge in [-0.3, -0.25) is 9.78 Å². The summed E-state index contributed by atoms with van der Waals surface area (Å²) in [4.78, 5) is 18.7. The number of aryl methyl sites for hydroxylation is 1. The molecule has 1 amide bonds.